The van der Waals surface area contributed by atoms with Crippen LogP contribution in [-0.2, 0) is 9.53 Å². The Morgan fingerprint density at radius 1 is 0.893 bits per heavy atom. The van der Waals surface area contributed by atoms with E-state index in [4.69, 9.17) is 0 Å². The number of hydrogen-bond acceptors (Lipinski definition) is 5. The van der Waals surface area contributed by atoms with Crippen molar-refractivity contribution in [1.82, 2.24) is 10.2 Å². The minimum absolute atomic E-state index is 0.0527. The van der Waals surface area contributed by atoms with Gasteiger partial charge in [-0.3, -0.25) is 9.59 Å². The van der Waals surface area contributed by atoms with Gasteiger partial charge in [0, 0.05) is 37.4 Å². The third kappa shape index (κ3) is 4.68. The van der Waals surface area contributed by atoms with Crippen LogP contribution in [0.5, 0.6) is 0 Å². The molecule has 2 aromatic carbocycles. The van der Waals surface area contributed by atoms with E-state index >= 15 is 0 Å². The number of anilines is 1. The van der Waals surface area contributed by atoms with Gasteiger partial charge < -0.3 is 19.9 Å². The van der Waals surface area contributed by atoms with Crippen LogP contribution < -0.4 is 10.2 Å². The zero-order valence-corrected chi connectivity index (χ0v) is 15.8. The van der Waals surface area contributed by atoms with Gasteiger partial charge in [-0.1, -0.05) is 18.2 Å². The molecule has 7 nitrogen and oxygen atoms in total. The van der Waals surface area contributed by atoms with Crippen LogP contribution >= 0.6 is 0 Å². The molecule has 1 fully saturated rings. The van der Waals surface area contributed by atoms with Gasteiger partial charge in [0.05, 0.1) is 19.2 Å². The summed E-state index contributed by atoms with van der Waals surface area (Å²) in [5.41, 5.74) is 1.90. The zero-order valence-electron chi connectivity index (χ0n) is 15.8. The van der Waals surface area contributed by atoms with Gasteiger partial charge in [-0.25, -0.2) is 4.79 Å². The van der Waals surface area contributed by atoms with Gasteiger partial charge in [0.25, 0.3) is 5.91 Å². The number of methoxy groups -OCH3 is 1. The van der Waals surface area contributed by atoms with E-state index in [1.54, 1.807) is 4.90 Å². The smallest absolute Gasteiger partial charge is 0.337 e. The fourth-order valence-electron chi connectivity index (χ4n) is 3.10. The quantitative estimate of drug-likeness (QED) is 0.795. The highest BCUT2D eigenvalue weighted by atomic mass is 16.5. The molecule has 0 atom stereocenters. The molecule has 7 heteroatoms. The van der Waals surface area contributed by atoms with Crippen LogP contribution in [0.4, 0.5) is 5.69 Å². The SMILES string of the molecule is COC(=O)c1ccc(C(=O)NCC(=O)N2CCN(c3ccccc3)CC2)cc1. The molecule has 0 saturated carbocycles. The number of nitrogens with zero attached hydrogens (tertiary/aromatic N) is 2. The molecular weight excluding hydrogens is 358 g/mol. The van der Waals surface area contributed by atoms with Crippen LogP contribution in [0.15, 0.2) is 54.6 Å². The second-order valence-corrected chi connectivity index (χ2v) is 6.45. The molecule has 28 heavy (non-hydrogen) atoms. The molecule has 0 aromatic heterocycles. The van der Waals surface area contributed by atoms with Crippen molar-refractivity contribution >= 4 is 23.5 Å². The lowest BCUT2D eigenvalue weighted by Crippen LogP contribution is -2.51. The van der Waals surface area contributed by atoms with Crippen molar-refractivity contribution in [2.75, 3.05) is 44.7 Å². The van der Waals surface area contributed by atoms with E-state index in [9.17, 15) is 14.4 Å². The third-order valence-electron chi connectivity index (χ3n) is 4.72. The van der Waals surface area contributed by atoms with Gasteiger partial charge in [0.2, 0.25) is 5.91 Å². The standard InChI is InChI=1S/C21H23N3O4/c1-28-21(27)17-9-7-16(8-10-17)20(26)22-15-19(25)24-13-11-23(12-14-24)18-5-3-2-4-6-18/h2-10H,11-15H2,1H3,(H,22,26). The summed E-state index contributed by atoms with van der Waals surface area (Å²) in [5, 5.41) is 2.64. The average molecular weight is 381 g/mol. The Morgan fingerprint density at radius 2 is 1.50 bits per heavy atom. The van der Waals surface area contributed by atoms with E-state index in [1.165, 1.54) is 31.4 Å². The molecule has 2 amide bonds. The Hall–Kier alpha value is -3.35. The molecule has 0 spiro atoms. The average Bonchev–Trinajstić information content (AvgIpc) is 2.77. The number of nitrogens with one attached hydrogen (secondary N) is 1. The maximum atomic E-state index is 12.4. The lowest BCUT2D eigenvalue weighted by molar-refractivity contribution is -0.130. The molecule has 0 aliphatic carbocycles. The van der Waals surface area contributed by atoms with Gasteiger partial charge >= 0.3 is 5.97 Å². The molecule has 1 heterocycles. The van der Waals surface area contributed by atoms with Gasteiger partial charge in [0.15, 0.2) is 0 Å². The molecule has 1 aliphatic heterocycles. The number of carbonyl (C=O) groups excluding carboxylic acids is 3. The predicted octanol–water partition coefficient (Wildman–Crippen LogP) is 1.55. The number of para-hydroxylation sites is 1. The molecule has 0 unspecified atom stereocenters. The predicted molar refractivity (Wildman–Crippen MR) is 105 cm³/mol. The minimum atomic E-state index is -0.461. The van der Waals surface area contributed by atoms with Gasteiger partial charge in [0.1, 0.15) is 0 Å². The zero-order chi connectivity index (χ0) is 19.9. The van der Waals surface area contributed by atoms with Crippen molar-refractivity contribution in [1.29, 1.82) is 0 Å². The number of piperazine rings is 1. The Kier molecular flexibility index (Phi) is 6.26. The van der Waals surface area contributed by atoms with Crippen molar-refractivity contribution in [2.24, 2.45) is 0 Å². The first kappa shape index (κ1) is 19.4. The molecule has 3 rings (SSSR count). The fraction of sp³-hybridized carbons (Fsp3) is 0.286. The Balaban J connectivity index is 1.46. The number of amides is 2. The van der Waals surface area contributed by atoms with E-state index in [-0.39, 0.29) is 18.4 Å². The highest BCUT2D eigenvalue weighted by Gasteiger charge is 2.21. The van der Waals surface area contributed by atoms with E-state index in [1.807, 2.05) is 18.2 Å². The van der Waals surface area contributed by atoms with Gasteiger partial charge in [-0.05, 0) is 36.4 Å². The maximum absolute atomic E-state index is 12.4. The van der Waals surface area contributed by atoms with E-state index < -0.39 is 5.97 Å². The lowest BCUT2D eigenvalue weighted by atomic mass is 10.1. The second-order valence-electron chi connectivity index (χ2n) is 6.45. The Bertz CT molecular complexity index is 828. The highest BCUT2D eigenvalue weighted by molar-refractivity contribution is 5.97. The van der Waals surface area contributed by atoms with Crippen LogP contribution in [0.2, 0.25) is 0 Å². The largest absolute Gasteiger partial charge is 0.465 e. The summed E-state index contributed by atoms with van der Waals surface area (Å²) < 4.78 is 4.63. The molecule has 1 N–H and O–H groups in total. The maximum Gasteiger partial charge on any atom is 0.337 e. The first-order chi connectivity index (χ1) is 13.6. The number of rotatable bonds is 5. The van der Waals surface area contributed by atoms with Crippen LogP contribution in [0, 0.1) is 0 Å². The summed E-state index contributed by atoms with van der Waals surface area (Å²) in [6.45, 7) is 2.72. The molecule has 1 aliphatic rings. The van der Waals surface area contributed by atoms with Crippen LogP contribution in [0.25, 0.3) is 0 Å². The minimum Gasteiger partial charge on any atom is -0.465 e. The van der Waals surface area contributed by atoms with Crippen molar-refractivity contribution in [2.45, 2.75) is 0 Å². The van der Waals surface area contributed by atoms with Crippen molar-refractivity contribution < 1.29 is 19.1 Å². The van der Waals surface area contributed by atoms with Gasteiger partial charge in [-0.15, -0.1) is 0 Å². The highest BCUT2D eigenvalue weighted by Crippen LogP contribution is 2.15. The molecular formula is C21H23N3O4. The molecule has 0 bridgehead atoms. The monoisotopic (exact) mass is 381 g/mol. The van der Waals surface area contributed by atoms with E-state index in [0.717, 1.165) is 18.8 Å². The number of carbonyl (C=O) groups is 3. The van der Waals surface area contributed by atoms with Gasteiger partial charge in [-0.2, -0.15) is 0 Å². The number of ether oxygens (including phenoxy) is 1. The van der Waals surface area contributed by atoms with Crippen molar-refractivity contribution in [3.8, 4) is 0 Å². The summed E-state index contributed by atoms with van der Waals surface area (Å²) in [7, 11) is 1.30. The van der Waals surface area contributed by atoms with Crippen LogP contribution in [0.1, 0.15) is 20.7 Å². The lowest BCUT2D eigenvalue weighted by Gasteiger charge is -2.36. The van der Waals surface area contributed by atoms with E-state index in [0.29, 0.717) is 24.2 Å². The van der Waals surface area contributed by atoms with E-state index in [2.05, 4.69) is 27.1 Å². The summed E-state index contributed by atoms with van der Waals surface area (Å²) >= 11 is 0. The molecule has 146 valence electrons. The number of hydrogen-bond donors (Lipinski definition) is 1. The summed E-state index contributed by atoms with van der Waals surface area (Å²) in [4.78, 5) is 40.0. The summed E-state index contributed by atoms with van der Waals surface area (Å²) in [6.07, 6.45) is 0. The topological polar surface area (TPSA) is 78.9 Å². The fourth-order valence-corrected chi connectivity index (χ4v) is 3.10. The Morgan fingerprint density at radius 3 is 2.11 bits per heavy atom. The van der Waals surface area contributed by atoms with Crippen molar-refractivity contribution in [3.63, 3.8) is 0 Å². The first-order valence-corrected chi connectivity index (χ1v) is 9.13. The van der Waals surface area contributed by atoms with Crippen molar-refractivity contribution in [3.05, 3.63) is 65.7 Å². The normalized spacial score (nSPS) is 13.8. The molecule has 2 aromatic rings. The summed E-state index contributed by atoms with van der Waals surface area (Å²) in [5.74, 6) is -0.920. The molecule has 1 saturated heterocycles. The summed E-state index contributed by atoms with van der Waals surface area (Å²) in [6, 6.07) is 16.2. The Labute approximate surface area is 163 Å². The number of esters is 1. The molecule has 0 radical (unpaired) electrons. The third-order valence-corrected chi connectivity index (χ3v) is 4.72. The second kappa shape index (κ2) is 9.03. The number of benzene rings is 2. The van der Waals surface area contributed by atoms with Crippen LogP contribution in [-0.4, -0.2) is 62.5 Å². The first-order valence-electron chi connectivity index (χ1n) is 9.13. The van der Waals surface area contributed by atoms with Crippen LogP contribution in [0.3, 0.4) is 0 Å².